The van der Waals surface area contributed by atoms with Crippen molar-refractivity contribution >= 4 is 17.6 Å². The molecule has 0 bridgehead atoms. The van der Waals surface area contributed by atoms with E-state index in [1.807, 2.05) is 0 Å². The fourth-order valence-corrected chi connectivity index (χ4v) is 1.20. The summed E-state index contributed by atoms with van der Waals surface area (Å²) in [5.41, 5.74) is 0.0104. The van der Waals surface area contributed by atoms with Crippen LogP contribution in [0.2, 0.25) is 0 Å². The summed E-state index contributed by atoms with van der Waals surface area (Å²) in [4.78, 5) is 21.4. The Morgan fingerprint density at radius 1 is 1.40 bits per heavy atom. The maximum atomic E-state index is 13.3. The van der Waals surface area contributed by atoms with Gasteiger partial charge in [0.25, 0.3) is 0 Å². The Balaban J connectivity index is 3.23. The first-order chi connectivity index (χ1) is 6.91. The maximum Gasteiger partial charge on any atom is 0.338 e. The summed E-state index contributed by atoms with van der Waals surface area (Å²) in [6, 6.07) is 2.47. The lowest BCUT2D eigenvalue weighted by Gasteiger charge is -2.06. The van der Waals surface area contributed by atoms with Gasteiger partial charge in [0, 0.05) is 12.6 Å². The first-order valence-electron chi connectivity index (χ1n) is 4.23. The number of nitrogens with one attached hydrogen (secondary N) is 1. The molecular weight excluding hydrogens is 201 g/mol. The SMILES string of the molecule is CC(=O)Nc1cc(C)c(F)c(C(=O)O)c1. The number of aryl methyl sites for hydroxylation is 1. The van der Waals surface area contributed by atoms with Crippen LogP contribution < -0.4 is 5.32 Å². The van der Waals surface area contributed by atoms with Gasteiger partial charge in [0.1, 0.15) is 5.82 Å². The van der Waals surface area contributed by atoms with E-state index < -0.39 is 17.3 Å². The number of hydrogen-bond acceptors (Lipinski definition) is 2. The van der Waals surface area contributed by atoms with Gasteiger partial charge in [-0.05, 0) is 24.6 Å². The largest absolute Gasteiger partial charge is 0.478 e. The van der Waals surface area contributed by atoms with Crippen LogP contribution >= 0.6 is 0 Å². The average molecular weight is 211 g/mol. The predicted octanol–water partition coefficient (Wildman–Crippen LogP) is 1.79. The van der Waals surface area contributed by atoms with E-state index >= 15 is 0 Å². The van der Waals surface area contributed by atoms with Crippen molar-refractivity contribution in [3.8, 4) is 0 Å². The molecule has 0 aliphatic carbocycles. The van der Waals surface area contributed by atoms with Crippen LogP contribution in [0.25, 0.3) is 0 Å². The molecule has 0 unspecified atom stereocenters. The number of anilines is 1. The Kier molecular flexibility index (Phi) is 3.04. The molecule has 80 valence electrons. The zero-order chi connectivity index (χ0) is 11.6. The van der Waals surface area contributed by atoms with Crippen molar-refractivity contribution in [2.45, 2.75) is 13.8 Å². The fraction of sp³-hybridized carbons (Fsp3) is 0.200. The summed E-state index contributed by atoms with van der Waals surface area (Å²) in [5, 5.41) is 11.1. The molecule has 0 atom stereocenters. The highest BCUT2D eigenvalue weighted by Crippen LogP contribution is 2.19. The summed E-state index contributed by atoms with van der Waals surface area (Å²) < 4.78 is 13.3. The lowest BCUT2D eigenvalue weighted by molar-refractivity contribution is -0.114. The van der Waals surface area contributed by atoms with Crippen molar-refractivity contribution in [3.63, 3.8) is 0 Å². The molecule has 1 amide bonds. The van der Waals surface area contributed by atoms with Gasteiger partial charge in [-0.3, -0.25) is 4.79 Å². The number of hydrogen-bond donors (Lipinski definition) is 2. The van der Waals surface area contributed by atoms with Crippen LogP contribution in [0.5, 0.6) is 0 Å². The number of benzene rings is 1. The zero-order valence-electron chi connectivity index (χ0n) is 8.30. The van der Waals surface area contributed by atoms with Crippen LogP contribution in [0.3, 0.4) is 0 Å². The van der Waals surface area contributed by atoms with Crippen LogP contribution in [-0.2, 0) is 4.79 Å². The first-order valence-corrected chi connectivity index (χ1v) is 4.23. The molecule has 0 spiro atoms. The third-order valence-electron chi connectivity index (χ3n) is 1.81. The van der Waals surface area contributed by atoms with E-state index in [2.05, 4.69) is 5.32 Å². The predicted molar refractivity (Wildman–Crippen MR) is 52.4 cm³/mol. The second kappa shape index (κ2) is 4.08. The van der Waals surface area contributed by atoms with Gasteiger partial charge >= 0.3 is 5.97 Å². The number of carboxylic acids is 1. The van der Waals surface area contributed by atoms with Gasteiger partial charge in [-0.15, -0.1) is 0 Å². The summed E-state index contributed by atoms with van der Waals surface area (Å²) >= 11 is 0. The van der Waals surface area contributed by atoms with Gasteiger partial charge in [0.2, 0.25) is 5.91 Å². The van der Waals surface area contributed by atoms with Crippen molar-refractivity contribution in [2.24, 2.45) is 0 Å². The third-order valence-corrected chi connectivity index (χ3v) is 1.81. The molecule has 1 aromatic rings. The molecular formula is C10H10FNO3. The van der Waals surface area contributed by atoms with E-state index in [1.165, 1.54) is 19.9 Å². The molecule has 4 nitrogen and oxygen atoms in total. The molecule has 0 heterocycles. The molecule has 0 aliphatic rings. The van der Waals surface area contributed by atoms with Gasteiger partial charge < -0.3 is 10.4 Å². The summed E-state index contributed by atoms with van der Waals surface area (Å²) in [6.07, 6.45) is 0. The highest BCUT2D eigenvalue weighted by Gasteiger charge is 2.14. The van der Waals surface area contributed by atoms with Crippen LogP contribution in [0, 0.1) is 12.7 Å². The summed E-state index contributed by atoms with van der Waals surface area (Å²) in [7, 11) is 0. The molecule has 15 heavy (non-hydrogen) atoms. The van der Waals surface area contributed by atoms with Crippen LogP contribution in [-0.4, -0.2) is 17.0 Å². The quantitative estimate of drug-likeness (QED) is 0.783. The number of carbonyl (C=O) groups excluding carboxylic acids is 1. The fourth-order valence-electron chi connectivity index (χ4n) is 1.20. The number of amides is 1. The van der Waals surface area contributed by atoms with Gasteiger partial charge in [-0.25, -0.2) is 9.18 Å². The molecule has 1 rings (SSSR count). The zero-order valence-corrected chi connectivity index (χ0v) is 8.30. The van der Waals surface area contributed by atoms with E-state index in [0.29, 0.717) is 0 Å². The topological polar surface area (TPSA) is 66.4 Å². The lowest BCUT2D eigenvalue weighted by atomic mass is 10.1. The third kappa shape index (κ3) is 2.52. The average Bonchev–Trinajstić information content (AvgIpc) is 2.09. The minimum atomic E-state index is -1.36. The van der Waals surface area contributed by atoms with E-state index in [4.69, 9.17) is 5.11 Å². The number of carbonyl (C=O) groups is 2. The molecule has 0 saturated heterocycles. The van der Waals surface area contributed by atoms with Crippen LogP contribution in [0.1, 0.15) is 22.8 Å². The van der Waals surface area contributed by atoms with Crippen molar-refractivity contribution < 1.29 is 19.1 Å². The van der Waals surface area contributed by atoms with Crippen LogP contribution in [0.4, 0.5) is 10.1 Å². The lowest BCUT2D eigenvalue weighted by Crippen LogP contribution is -2.09. The van der Waals surface area contributed by atoms with Crippen molar-refractivity contribution in [3.05, 3.63) is 29.1 Å². The van der Waals surface area contributed by atoms with Gasteiger partial charge in [0.05, 0.1) is 5.56 Å². The van der Waals surface area contributed by atoms with E-state index in [0.717, 1.165) is 6.07 Å². The normalized spacial score (nSPS) is 9.80. The van der Waals surface area contributed by atoms with Gasteiger partial charge in [-0.1, -0.05) is 0 Å². The summed E-state index contributed by atoms with van der Waals surface area (Å²) in [5.74, 6) is -2.48. The second-order valence-electron chi connectivity index (χ2n) is 3.14. The van der Waals surface area contributed by atoms with E-state index in [9.17, 15) is 14.0 Å². The molecule has 0 radical (unpaired) electrons. The molecule has 0 aliphatic heterocycles. The number of aromatic carboxylic acids is 1. The molecule has 5 heteroatoms. The van der Waals surface area contributed by atoms with Crippen LogP contribution in [0.15, 0.2) is 12.1 Å². The Bertz CT molecular complexity index is 429. The minimum Gasteiger partial charge on any atom is -0.478 e. The maximum absolute atomic E-state index is 13.3. The Hall–Kier alpha value is -1.91. The molecule has 0 aromatic heterocycles. The number of halogens is 1. The van der Waals surface area contributed by atoms with E-state index in [-0.39, 0.29) is 17.2 Å². The molecule has 2 N–H and O–H groups in total. The number of rotatable bonds is 2. The minimum absolute atomic E-state index is 0.179. The van der Waals surface area contributed by atoms with Gasteiger partial charge in [-0.2, -0.15) is 0 Å². The van der Waals surface area contributed by atoms with Crippen molar-refractivity contribution in [2.75, 3.05) is 5.32 Å². The standard InChI is InChI=1S/C10H10FNO3/c1-5-3-7(12-6(2)13)4-8(9(5)11)10(14)15/h3-4H,1-2H3,(H,12,13)(H,14,15). The monoisotopic (exact) mass is 211 g/mol. The molecule has 1 aromatic carbocycles. The van der Waals surface area contributed by atoms with Crippen molar-refractivity contribution in [1.29, 1.82) is 0 Å². The molecule has 0 saturated carbocycles. The Labute approximate surface area is 85.7 Å². The van der Waals surface area contributed by atoms with E-state index in [1.54, 1.807) is 0 Å². The molecule has 0 fully saturated rings. The second-order valence-corrected chi connectivity index (χ2v) is 3.14. The Morgan fingerprint density at radius 3 is 2.47 bits per heavy atom. The Morgan fingerprint density at radius 2 is 2.00 bits per heavy atom. The highest BCUT2D eigenvalue weighted by atomic mass is 19.1. The summed E-state index contributed by atoms with van der Waals surface area (Å²) in [6.45, 7) is 2.73. The van der Waals surface area contributed by atoms with Crippen molar-refractivity contribution in [1.82, 2.24) is 0 Å². The number of carboxylic acid groups (broad SMARTS) is 1. The van der Waals surface area contributed by atoms with Gasteiger partial charge in [0.15, 0.2) is 0 Å². The smallest absolute Gasteiger partial charge is 0.338 e. The highest BCUT2D eigenvalue weighted by molar-refractivity contribution is 5.93. The first kappa shape index (κ1) is 11.2.